The zero-order chi connectivity index (χ0) is 12.4. The van der Waals surface area contributed by atoms with Crippen LogP contribution in [0.15, 0.2) is 12.1 Å². The van der Waals surface area contributed by atoms with E-state index in [1.54, 1.807) is 0 Å². The van der Waals surface area contributed by atoms with Crippen LogP contribution in [0.4, 0.5) is 17.6 Å². The minimum Gasteiger partial charge on any atom is -0.317 e. The molecule has 1 aliphatic heterocycles. The van der Waals surface area contributed by atoms with Crippen LogP contribution in [0.1, 0.15) is 36.3 Å². The standard InChI is InChI=1S/C12H13F4N/c13-10-6-8(12(15)16)5-9(11(10)14)7-1-3-17-4-2-7/h5-7,12,17H,1-4H2. The van der Waals surface area contributed by atoms with Crippen molar-refractivity contribution in [2.45, 2.75) is 25.2 Å². The van der Waals surface area contributed by atoms with E-state index in [4.69, 9.17) is 0 Å². The van der Waals surface area contributed by atoms with Crippen LogP contribution in [0, 0.1) is 11.6 Å². The molecule has 1 nitrogen and oxygen atoms in total. The number of hydrogen-bond acceptors (Lipinski definition) is 1. The van der Waals surface area contributed by atoms with Crippen LogP contribution >= 0.6 is 0 Å². The Kier molecular flexibility index (Phi) is 3.66. The molecule has 0 bridgehead atoms. The Morgan fingerprint density at radius 2 is 1.76 bits per heavy atom. The Hall–Kier alpha value is -1.10. The van der Waals surface area contributed by atoms with Crippen molar-refractivity contribution in [1.29, 1.82) is 0 Å². The predicted octanol–water partition coefficient (Wildman–Crippen LogP) is 3.37. The summed E-state index contributed by atoms with van der Waals surface area (Å²) in [4.78, 5) is 0. The van der Waals surface area contributed by atoms with Crippen molar-refractivity contribution in [3.05, 3.63) is 34.9 Å². The van der Waals surface area contributed by atoms with Gasteiger partial charge in [-0.15, -0.1) is 0 Å². The predicted molar refractivity (Wildman–Crippen MR) is 56.2 cm³/mol. The summed E-state index contributed by atoms with van der Waals surface area (Å²) in [6.45, 7) is 1.40. The Balaban J connectivity index is 2.36. The Bertz CT molecular complexity index is 400. The maximum absolute atomic E-state index is 13.6. The molecule has 1 aliphatic rings. The molecule has 94 valence electrons. The second-order valence-corrected chi connectivity index (χ2v) is 4.23. The van der Waals surface area contributed by atoms with Gasteiger partial charge in [-0.2, -0.15) is 0 Å². The van der Waals surface area contributed by atoms with E-state index in [-0.39, 0.29) is 11.5 Å². The fraction of sp³-hybridized carbons (Fsp3) is 0.500. The topological polar surface area (TPSA) is 12.0 Å². The number of hydrogen-bond donors (Lipinski definition) is 1. The van der Waals surface area contributed by atoms with Crippen molar-refractivity contribution in [3.8, 4) is 0 Å². The minimum absolute atomic E-state index is 0.0850. The molecule has 0 atom stereocenters. The van der Waals surface area contributed by atoms with Crippen LogP contribution in [-0.2, 0) is 0 Å². The first-order chi connectivity index (χ1) is 8.09. The lowest BCUT2D eigenvalue weighted by Crippen LogP contribution is -2.27. The number of piperidine rings is 1. The highest BCUT2D eigenvalue weighted by molar-refractivity contribution is 5.30. The van der Waals surface area contributed by atoms with E-state index in [0.29, 0.717) is 32.0 Å². The summed E-state index contributed by atoms with van der Waals surface area (Å²) in [5.74, 6) is -2.35. The van der Waals surface area contributed by atoms with Crippen LogP contribution in [-0.4, -0.2) is 13.1 Å². The fourth-order valence-corrected chi connectivity index (χ4v) is 2.19. The van der Waals surface area contributed by atoms with Gasteiger partial charge in [-0.25, -0.2) is 17.6 Å². The summed E-state index contributed by atoms with van der Waals surface area (Å²) >= 11 is 0. The molecule has 17 heavy (non-hydrogen) atoms. The molecule has 0 aromatic heterocycles. The average molecular weight is 247 g/mol. The molecule has 0 saturated carbocycles. The lowest BCUT2D eigenvalue weighted by Gasteiger charge is -2.24. The first kappa shape index (κ1) is 12.4. The fourth-order valence-electron chi connectivity index (χ4n) is 2.19. The third-order valence-corrected chi connectivity index (χ3v) is 3.11. The first-order valence-corrected chi connectivity index (χ1v) is 5.57. The second kappa shape index (κ2) is 5.04. The maximum atomic E-state index is 13.6. The smallest absolute Gasteiger partial charge is 0.263 e. The molecule has 5 heteroatoms. The van der Waals surface area contributed by atoms with Gasteiger partial charge in [0.05, 0.1) is 0 Å². The monoisotopic (exact) mass is 247 g/mol. The Morgan fingerprint density at radius 3 is 2.35 bits per heavy atom. The summed E-state index contributed by atoms with van der Waals surface area (Å²) in [6.07, 6.45) is -1.49. The van der Waals surface area contributed by atoms with Gasteiger partial charge in [-0.1, -0.05) is 0 Å². The number of nitrogens with one attached hydrogen (secondary N) is 1. The van der Waals surface area contributed by atoms with Gasteiger partial charge in [-0.05, 0) is 49.5 Å². The molecule has 1 N–H and O–H groups in total. The van der Waals surface area contributed by atoms with Crippen LogP contribution in [0.25, 0.3) is 0 Å². The zero-order valence-corrected chi connectivity index (χ0v) is 9.15. The zero-order valence-electron chi connectivity index (χ0n) is 9.15. The highest BCUT2D eigenvalue weighted by Crippen LogP contribution is 2.32. The minimum atomic E-state index is -2.77. The highest BCUT2D eigenvalue weighted by atomic mass is 19.3. The van der Waals surface area contributed by atoms with E-state index in [9.17, 15) is 17.6 Å². The lowest BCUT2D eigenvalue weighted by molar-refractivity contribution is 0.150. The van der Waals surface area contributed by atoms with Crippen molar-refractivity contribution < 1.29 is 17.6 Å². The van der Waals surface area contributed by atoms with Crippen molar-refractivity contribution >= 4 is 0 Å². The number of halogens is 4. The van der Waals surface area contributed by atoms with Gasteiger partial charge < -0.3 is 5.32 Å². The van der Waals surface area contributed by atoms with E-state index < -0.39 is 23.6 Å². The summed E-state index contributed by atoms with van der Waals surface area (Å²) in [6, 6.07) is 1.67. The van der Waals surface area contributed by atoms with Gasteiger partial charge in [-0.3, -0.25) is 0 Å². The molecule has 1 heterocycles. The second-order valence-electron chi connectivity index (χ2n) is 4.23. The molecule has 2 rings (SSSR count). The number of benzene rings is 1. The normalized spacial score (nSPS) is 17.7. The first-order valence-electron chi connectivity index (χ1n) is 5.57. The van der Waals surface area contributed by atoms with Crippen molar-refractivity contribution in [3.63, 3.8) is 0 Å². The summed E-state index contributed by atoms with van der Waals surface area (Å²) in [5.41, 5.74) is -0.362. The van der Waals surface area contributed by atoms with Crippen LogP contribution < -0.4 is 5.32 Å². The van der Waals surface area contributed by atoms with Crippen molar-refractivity contribution in [1.82, 2.24) is 5.32 Å². The summed E-state index contributed by atoms with van der Waals surface area (Å²) in [7, 11) is 0. The van der Waals surface area contributed by atoms with E-state index in [2.05, 4.69) is 5.32 Å². The molecular weight excluding hydrogens is 234 g/mol. The van der Waals surface area contributed by atoms with E-state index in [1.807, 2.05) is 0 Å². The molecule has 0 unspecified atom stereocenters. The third kappa shape index (κ3) is 2.60. The highest BCUT2D eigenvalue weighted by Gasteiger charge is 2.23. The average Bonchev–Trinajstić information content (AvgIpc) is 2.33. The molecule has 0 aliphatic carbocycles. The van der Waals surface area contributed by atoms with E-state index in [1.165, 1.54) is 0 Å². The molecule has 0 amide bonds. The van der Waals surface area contributed by atoms with E-state index >= 15 is 0 Å². The quantitative estimate of drug-likeness (QED) is 0.790. The van der Waals surface area contributed by atoms with Gasteiger partial charge in [0.1, 0.15) is 0 Å². The van der Waals surface area contributed by atoms with E-state index in [0.717, 1.165) is 6.07 Å². The molecule has 1 saturated heterocycles. The van der Waals surface area contributed by atoms with Crippen LogP contribution in [0.3, 0.4) is 0 Å². The van der Waals surface area contributed by atoms with Gasteiger partial charge in [0.25, 0.3) is 6.43 Å². The largest absolute Gasteiger partial charge is 0.317 e. The van der Waals surface area contributed by atoms with Gasteiger partial charge >= 0.3 is 0 Å². The molecule has 0 radical (unpaired) electrons. The Labute approximate surface area is 96.8 Å². The molecule has 0 spiro atoms. The van der Waals surface area contributed by atoms with Crippen LogP contribution in [0.5, 0.6) is 0 Å². The number of rotatable bonds is 2. The Morgan fingerprint density at radius 1 is 1.12 bits per heavy atom. The lowest BCUT2D eigenvalue weighted by atomic mass is 9.89. The summed E-state index contributed by atoms with van der Waals surface area (Å²) < 4.78 is 51.9. The molecule has 1 aromatic carbocycles. The molecular formula is C12H13F4N. The SMILES string of the molecule is Fc1cc(C(F)F)cc(C2CCNCC2)c1F. The molecule has 1 aromatic rings. The summed E-state index contributed by atoms with van der Waals surface area (Å²) in [5, 5.41) is 3.09. The van der Waals surface area contributed by atoms with Crippen molar-refractivity contribution in [2.24, 2.45) is 0 Å². The van der Waals surface area contributed by atoms with Crippen LogP contribution in [0.2, 0.25) is 0 Å². The third-order valence-electron chi connectivity index (χ3n) is 3.11. The maximum Gasteiger partial charge on any atom is 0.263 e. The molecule has 1 fully saturated rings. The van der Waals surface area contributed by atoms with Gasteiger partial charge in [0.2, 0.25) is 0 Å². The van der Waals surface area contributed by atoms with Gasteiger partial charge in [0.15, 0.2) is 11.6 Å². The number of alkyl halides is 2. The van der Waals surface area contributed by atoms with Gasteiger partial charge in [0, 0.05) is 5.56 Å². The van der Waals surface area contributed by atoms with Crippen molar-refractivity contribution in [2.75, 3.05) is 13.1 Å².